The largest absolute Gasteiger partial charge is 0.486 e. The second-order valence-electron chi connectivity index (χ2n) is 11.1. The highest BCUT2D eigenvalue weighted by molar-refractivity contribution is 7.93. The summed E-state index contributed by atoms with van der Waals surface area (Å²) >= 11 is 0. The number of aliphatic hydroxyl groups excluding tert-OH is 1. The molecule has 0 spiro atoms. The Morgan fingerprint density at radius 3 is 2.42 bits per heavy atom. The van der Waals surface area contributed by atoms with Crippen molar-refractivity contribution >= 4 is 33.4 Å². The SMILES string of the molecule is CCn1cc(S(=O)(=O)N2C[C@H](CC(C)(C)NC(C)=O)Oc3ccc(N(C(=O)O)C(C)(C)C(F)(F)F)cc32)c(OCCO)n1. The van der Waals surface area contributed by atoms with Crippen LogP contribution in [0.1, 0.15) is 48.0 Å². The molecule has 2 aromatic rings. The Kier molecular flexibility index (Phi) is 9.51. The first-order valence-electron chi connectivity index (χ1n) is 13.3. The summed E-state index contributed by atoms with van der Waals surface area (Å²) in [5, 5.41) is 25.9. The minimum atomic E-state index is -4.97. The summed E-state index contributed by atoms with van der Waals surface area (Å²) in [5.41, 5.74) is -4.39. The summed E-state index contributed by atoms with van der Waals surface area (Å²) in [7, 11) is -4.58. The van der Waals surface area contributed by atoms with Crippen LogP contribution in [0.15, 0.2) is 29.3 Å². The molecule has 0 saturated carbocycles. The number of amides is 2. The molecule has 1 atom stereocenters. The minimum Gasteiger partial charge on any atom is -0.486 e. The molecule has 0 aliphatic carbocycles. The summed E-state index contributed by atoms with van der Waals surface area (Å²) in [6, 6.07) is 3.30. The van der Waals surface area contributed by atoms with Crippen molar-refractivity contribution in [2.45, 2.75) is 82.8 Å². The van der Waals surface area contributed by atoms with Crippen LogP contribution >= 0.6 is 0 Å². The highest BCUT2D eigenvalue weighted by atomic mass is 32.2. The predicted octanol–water partition coefficient (Wildman–Crippen LogP) is 3.36. The van der Waals surface area contributed by atoms with Crippen molar-refractivity contribution in [2.75, 3.05) is 29.0 Å². The van der Waals surface area contributed by atoms with E-state index in [0.717, 1.165) is 16.4 Å². The van der Waals surface area contributed by atoms with Crippen molar-refractivity contribution in [3.63, 3.8) is 0 Å². The lowest BCUT2D eigenvalue weighted by molar-refractivity contribution is -0.175. The zero-order chi connectivity index (χ0) is 32.5. The van der Waals surface area contributed by atoms with E-state index in [4.69, 9.17) is 9.47 Å². The third-order valence-corrected chi connectivity index (χ3v) is 8.51. The van der Waals surface area contributed by atoms with Crippen molar-refractivity contribution in [3.8, 4) is 11.6 Å². The summed E-state index contributed by atoms with van der Waals surface area (Å²) in [5.74, 6) is -0.673. The maximum absolute atomic E-state index is 14.2. The number of ether oxygens (including phenoxy) is 2. The molecular weight excluding hydrogens is 599 g/mol. The molecular formula is C26H36F3N5O8S. The van der Waals surface area contributed by atoms with Crippen LogP contribution in [0, 0.1) is 0 Å². The van der Waals surface area contributed by atoms with Gasteiger partial charge in [0, 0.05) is 31.6 Å². The average molecular weight is 636 g/mol. The summed E-state index contributed by atoms with van der Waals surface area (Å²) < 4.78 is 83.9. The number of aryl methyl sites for hydroxylation is 1. The van der Waals surface area contributed by atoms with Crippen molar-refractivity contribution in [2.24, 2.45) is 0 Å². The number of anilines is 2. The van der Waals surface area contributed by atoms with E-state index in [2.05, 4.69) is 10.4 Å². The fourth-order valence-electron chi connectivity index (χ4n) is 4.75. The Labute approximate surface area is 247 Å². The van der Waals surface area contributed by atoms with Gasteiger partial charge in [0.15, 0.2) is 4.90 Å². The van der Waals surface area contributed by atoms with Gasteiger partial charge in [-0.05, 0) is 52.8 Å². The van der Waals surface area contributed by atoms with Crippen LogP contribution in [0.25, 0.3) is 0 Å². The molecule has 1 aliphatic heterocycles. The van der Waals surface area contributed by atoms with Gasteiger partial charge in [0.25, 0.3) is 15.9 Å². The Bertz CT molecular complexity index is 1460. The topological polar surface area (TPSA) is 164 Å². The smallest absolute Gasteiger partial charge is 0.412 e. The quantitative estimate of drug-likeness (QED) is 0.336. The molecule has 1 aromatic heterocycles. The first-order valence-corrected chi connectivity index (χ1v) is 14.7. The van der Waals surface area contributed by atoms with Crippen LogP contribution in [0.2, 0.25) is 0 Å². The van der Waals surface area contributed by atoms with Crippen LogP contribution in [0.3, 0.4) is 0 Å². The number of hydrogen-bond acceptors (Lipinski definition) is 8. The molecule has 1 aromatic carbocycles. The van der Waals surface area contributed by atoms with Gasteiger partial charge < -0.3 is 25.0 Å². The molecule has 3 rings (SSSR count). The Balaban J connectivity index is 2.22. The van der Waals surface area contributed by atoms with E-state index in [1.165, 1.54) is 23.9 Å². The molecule has 240 valence electrons. The van der Waals surface area contributed by atoms with Gasteiger partial charge in [0.05, 0.1) is 24.5 Å². The molecule has 17 heteroatoms. The Morgan fingerprint density at radius 2 is 1.88 bits per heavy atom. The van der Waals surface area contributed by atoms with Gasteiger partial charge in [-0.2, -0.15) is 13.2 Å². The van der Waals surface area contributed by atoms with E-state index < -0.39 is 51.8 Å². The molecule has 0 radical (unpaired) electrons. The highest BCUT2D eigenvalue weighted by Crippen LogP contribution is 2.45. The number of carbonyl (C=O) groups is 2. The van der Waals surface area contributed by atoms with Crippen LogP contribution in [-0.2, 0) is 21.4 Å². The van der Waals surface area contributed by atoms with Crippen molar-refractivity contribution < 1.29 is 50.9 Å². The molecule has 0 bridgehead atoms. The van der Waals surface area contributed by atoms with E-state index >= 15 is 0 Å². The molecule has 3 N–H and O–H groups in total. The molecule has 2 amide bonds. The maximum atomic E-state index is 14.2. The van der Waals surface area contributed by atoms with Crippen LogP contribution in [-0.4, -0.2) is 83.5 Å². The molecule has 2 heterocycles. The summed E-state index contributed by atoms with van der Waals surface area (Å²) in [6.07, 6.45) is -6.39. The number of alkyl halides is 3. The molecule has 1 aliphatic rings. The van der Waals surface area contributed by atoms with Gasteiger partial charge in [-0.25, -0.2) is 13.2 Å². The molecule has 0 fully saturated rings. The zero-order valence-electron chi connectivity index (χ0n) is 24.6. The Hall–Kier alpha value is -3.73. The number of nitrogens with zero attached hydrogens (tertiary/aromatic N) is 4. The third kappa shape index (κ3) is 7.09. The molecule has 0 saturated heterocycles. The number of hydrogen-bond donors (Lipinski definition) is 3. The number of benzene rings is 1. The lowest BCUT2D eigenvalue weighted by Gasteiger charge is -2.40. The normalized spacial score (nSPS) is 15.9. The second-order valence-corrected chi connectivity index (χ2v) is 12.9. The van der Waals surface area contributed by atoms with E-state index in [9.17, 15) is 41.4 Å². The molecule has 0 unspecified atom stereocenters. The maximum Gasteiger partial charge on any atom is 0.412 e. The van der Waals surface area contributed by atoms with E-state index in [1.807, 2.05) is 0 Å². The standard InChI is InChI=1S/C26H36F3N5O8S/c1-7-32-15-21(22(31-32)41-11-10-35)43(39,40)33-14-18(13-24(3,4)30-16(2)36)42-20-9-8-17(12-19(20)33)34(23(37)38)25(5,6)26(27,28)29/h8-9,12,15,18,35H,7,10-11,13-14H2,1-6H3,(H,30,36)(H,37,38)/t18-/m0/s1. The van der Waals surface area contributed by atoms with Crippen LogP contribution in [0.4, 0.5) is 29.3 Å². The van der Waals surface area contributed by atoms with Gasteiger partial charge >= 0.3 is 12.3 Å². The average Bonchev–Trinajstić information content (AvgIpc) is 3.29. The minimum absolute atomic E-state index is 0.0435. The van der Waals surface area contributed by atoms with Crippen LogP contribution in [0.5, 0.6) is 11.6 Å². The predicted molar refractivity (Wildman–Crippen MR) is 149 cm³/mol. The monoisotopic (exact) mass is 635 g/mol. The fraction of sp³-hybridized carbons (Fsp3) is 0.577. The van der Waals surface area contributed by atoms with E-state index in [-0.39, 0.29) is 59.1 Å². The first-order chi connectivity index (χ1) is 19.7. The number of carboxylic acid groups (broad SMARTS) is 1. The number of fused-ring (bicyclic) bond motifs is 1. The number of sulfonamides is 1. The highest BCUT2D eigenvalue weighted by Gasteiger charge is 2.54. The number of aliphatic hydroxyl groups is 1. The zero-order valence-corrected chi connectivity index (χ0v) is 25.4. The molecule has 13 nitrogen and oxygen atoms in total. The van der Waals surface area contributed by atoms with Crippen LogP contribution < -0.4 is 24.0 Å². The van der Waals surface area contributed by atoms with Gasteiger partial charge in [-0.1, -0.05) is 0 Å². The van der Waals surface area contributed by atoms with Crippen molar-refractivity contribution in [1.82, 2.24) is 15.1 Å². The van der Waals surface area contributed by atoms with Gasteiger partial charge in [0.1, 0.15) is 24.0 Å². The van der Waals surface area contributed by atoms with E-state index in [0.29, 0.717) is 13.8 Å². The second kappa shape index (κ2) is 12.1. The van der Waals surface area contributed by atoms with Gasteiger partial charge in [-0.15, -0.1) is 5.10 Å². The lowest BCUT2D eigenvalue weighted by Crippen LogP contribution is -2.57. The molecule has 43 heavy (non-hydrogen) atoms. The number of halogens is 3. The number of carbonyl (C=O) groups excluding carboxylic acids is 1. The third-order valence-electron chi connectivity index (χ3n) is 6.75. The first kappa shape index (κ1) is 33.8. The van der Waals surface area contributed by atoms with Gasteiger partial charge in [-0.3, -0.25) is 18.7 Å². The van der Waals surface area contributed by atoms with Crippen molar-refractivity contribution in [3.05, 3.63) is 24.4 Å². The number of aromatic nitrogens is 2. The van der Waals surface area contributed by atoms with Gasteiger partial charge in [0.2, 0.25) is 5.91 Å². The summed E-state index contributed by atoms with van der Waals surface area (Å²) in [6.45, 7) is 7.06. The number of rotatable bonds is 11. The van der Waals surface area contributed by atoms with E-state index in [1.54, 1.807) is 20.8 Å². The fourth-order valence-corrected chi connectivity index (χ4v) is 6.33. The Morgan fingerprint density at radius 1 is 1.23 bits per heavy atom. The lowest BCUT2D eigenvalue weighted by atomic mass is 9.95. The summed E-state index contributed by atoms with van der Waals surface area (Å²) in [4.78, 5) is 23.6. The van der Waals surface area contributed by atoms with Crippen molar-refractivity contribution in [1.29, 1.82) is 0 Å². The number of nitrogens with one attached hydrogen (secondary N) is 1.